The van der Waals surface area contributed by atoms with Crippen LogP contribution in [0.15, 0.2) is 24.4 Å². The van der Waals surface area contributed by atoms with Crippen molar-refractivity contribution in [1.29, 1.82) is 0 Å². The zero-order valence-electron chi connectivity index (χ0n) is 12.3. The highest BCUT2D eigenvalue weighted by Crippen LogP contribution is 2.33. The van der Waals surface area contributed by atoms with Gasteiger partial charge in [-0.15, -0.1) is 0 Å². The quantitative estimate of drug-likeness (QED) is 0.525. The van der Waals surface area contributed by atoms with E-state index in [9.17, 15) is 14.4 Å². The summed E-state index contributed by atoms with van der Waals surface area (Å²) in [5.74, 6) is -1.93. The van der Waals surface area contributed by atoms with Crippen molar-refractivity contribution < 1.29 is 23.9 Å². The van der Waals surface area contributed by atoms with Crippen molar-refractivity contribution in [2.45, 2.75) is 6.92 Å². The molecule has 0 aliphatic heterocycles. The maximum atomic E-state index is 12.0. The van der Waals surface area contributed by atoms with Crippen molar-refractivity contribution in [3.63, 3.8) is 0 Å². The summed E-state index contributed by atoms with van der Waals surface area (Å²) < 4.78 is 9.58. The van der Waals surface area contributed by atoms with Crippen molar-refractivity contribution in [3.05, 3.63) is 30.0 Å². The van der Waals surface area contributed by atoms with Crippen LogP contribution in [0.3, 0.4) is 0 Å². The summed E-state index contributed by atoms with van der Waals surface area (Å²) in [7, 11) is 2.54. The van der Waals surface area contributed by atoms with Crippen LogP contribution in [0.5, 0.6) is 5.75 Å². The van der Waals surface area contributed by atoms with Gasteiger partial charge in [0.2, 0.25) is 0 Å². The highest BCUT2D eigenvalue weighted by molar-refractivity contribution is 6.38. The van der Waals surface area contributed by atoms with E-state index in [2.05, 4.69) is 15.0 Å². The van der Waals surface area contributed by atoms with Crippen LogP contribution in [-0.2, 0) is 14.3 Å². The maximum Gasteiger partial charge on any atom is 0.396 e. The molecule has 7 nitrogen and oxygen atoms in total. The van der Waals surface area contributed by atoms with Crippen LogP contribution >= 0.6 is 0 Å². The molecule has 1 aromatic heterocycles. The molecule has 0 fully saturated rings. The second kappa shape index (κ2) is 6.21. The third-order valence-corrected chi connectivity index (χ3v) is 3.05. The third-order valence-electron chi connectivity index (χ3n) is 3.05. The Balaban J connectivity index is 2.67. The van der Waals surface area contributed by atoms with Crippen LogP contribution in [0.1, 0.15) is 17.3 Å². The van der Waals surface area contributed by atoms with Crippen LogP contribution in [0, 0.1) is 0 Å². The zero-order valence-corrected chi connectivity index (χ0v) is 12.3. The normalized spacial score (nSPS) is 10.1. The molecule has 7 heteroatoms. The molecule has 0 radical (unpaired) electrons. The number of esters is 1. The molecule has 0 aliphatic rings. The fraction of sp³-hybridized carbons (Fsp3) is 0.200. The summed E-state index contributed by atoms with van der Waals surface area (Å²) in [6, 6.07) is 4.81. The molecule has 1 heterocycles. The Kier molecular flexibility index (Phi) is 4.36. The Morgan fingerprint density at radius 3 is 2.55 bits per heavy atom. The van der Waals surface area contributed by atoms with Gasteiger partial charge in [-0.25, -0.2) is 4.79 Å². The molecule has 1 amide bonds. The number of nitrogens with zero attached hydrogens (tertiary/aromatic N) is 1. The molecule has 1 aromatic carbocycles. The number of nitrogens with one attached hydrogen (secondary N) is 1. The number of carbonyl (C=O) groups excluding carboxylic acids is 3. The van der Waals surface area contributed by atoms with Gasteiger partial charge in [0.1, 0.15) is 11.3 Å². The molecule has 1 N–H and O–H groups in total. The summed E-state index contributed by atoms with van der Waals surface area (Å²) in [5.41, 5.74) is 0.910. The largest absolute Gasteiger partial charge is 0.494 e. The van der Waals surface area contributed by atoms with Crippen LogP contribution in [0.4, 0.5) is 5.69 Å². The molecule has 22 heavy (non-hydrogen) atoms. The van der Waals surface area contributed by atoms with Crippen LogP contribution in [0.2, 0.25) is 0 Å². The Hall–Kier alpha value is -2.96. The number of hydrogen-bond acceptors (Lipinski definition) is 6. The molecule has 0 saturated heterocycles. The number of fused-ring (bicyclic) bond motifs is 1. The molecule has 0 atom stereocenters. The number of pyridine rings is 1. The fourth-order valence-corrected chi connectivity index (χ4v) is 2.12. The number of rotatable bonds is 3. The minimum atomic E-state index is -1.06. The first kappa shape index (κ1) is 15.4. The number of aromatic nitrogens is 1. The van der Waals surface area contributed by atoms with E-state index < -0.39 is 11.9 Å². The van der Waals surface area contributed by atoms with Crippen molar-refractivity contribution in [3.8, 4) is 5.75 Å². The van der Waals surface area contributed by atoms with E-state index in [1.807, 2.05) is 0 Å². The number of carbonyl (C=O) groups is 3. The minimum Gasteiger partial charge on any atom is -0.494 e. The van der Waals surface area contributed by atoms with E-state index in [1.165, 1.54) is 20.1 Å². The summed E-state index contributed by atoms with van der Waals surface area (Å²) in [5, 5.41) is 2.89. The SMILES string of the molecule is COC(=O)C(=O)Nc1cc(OC)c2ncccc2c1C(C)=O. The topological polar surface area (TPSA) is 94.6 Å². The molecule has 0 spiro atoms. The lowest BCUT2D eigenvalue weighted by Gasteiger charge is -2.14. The van der Waals surface area contributed by atoms with Gasteiger partial charge in [0.15, 0.2) is 5.78 Å². The van der Waals surface area contributed by atoms with Crippen LogP contribution in [-0.4, -0.2) is 36.9 Å². The van der Waals surface area contributed by atoms with E-state index >= 15 is 0 Å². The highest BCUT2D eigenvalue weighted by atomic mass is 16.5. The lowest BCUT2D eigenvalue weighted by molar-refractivity contribution is -0.150. The lowest BCUT2D eigenvalue weighted by atomic mass is 10.0. The number of hydrogen-bond donors (Lipinski definition) is 1. The van der Waals surface area contributed by atoms with E-state index in [-0.39, 0.29) is 17.0 Å². The first-order chi connectivity index (χ1) is 10.5. The Morgan fingerprint density at radius 1 is 1.23 bits per heavy atom. The number of ether oxygens (including phenoxy) is 2. The van der Waals surface area contributed by atoms with Crippen molar-refractivity contribution >= 4 is 34.3 Å². The van der Waals surface area contributed by atoms with Crippen LogP contribution in [0.25, 0.3) is 10.9 Å². The van der Waals surface area contributed by atoms with E-state index in [0.29, 0.717) is 16.7 Å². The van der Waals surface area contributed by atoms with Gasteiger partial charge in [0.05, 0.1) is 25.5 Å². The standard InChI is InChI=1S/C15H14N2O5/c1-8(18)12-9-5-4-6-16-13(9)11(21-2)7-10(12)17-14(19)15(20)22-3/h4-7H,1-3H3,(H,17,19). The minimum absolute atomic E-state index is 0.167. The van der Waals surface area contributed by atoms with Crippen molar-refractivity contribution in [2.24, 2.45) is 0 Å². The Morgan fingerprint density at radius 2 is 1.95 bits per heavy atom. The van der Waals surface area contributed by atoms with Gasteiger partial charge in [-0.1, -0.05) is 6.07 Å². The number of methoxy groups -OCH3 is 2. The zero-order chi connectivity index (χ0) is 16.3. The third kappa shape index (κ3) is 2.73. The van der Waals surface area contributed by atoms with Crippen molar-refractivity contribution in [2.75, 3.05) is 19.5 Å². The number of ketones is 1. The summed E-state index contributed by atoms with van der Waals surface area (Å²) in [4.78, 5) is 39.1. The van der Waals surface area contributed by atoms with Gasteiger partial charge < -0.3 is 14.8 Å². The first-order valence-corrected chi connectivity index (χ1v) is 6.35. The molecule has 2 aromatic rings. The van der Waals surface area contributed by atoms with Gasteiger partial charge in [-0.2, -0.15) is 0 Å². The smallest absolute Gasteiger partial charge is 0.396 e. The molecule has 0 saturated carbocycles. The van der Waals surface area contributed by atoms with Crippen molar-refractivity contribution in [1.82, 2.24) is 4.98 Å². The molecular weight excluding hydrogens is 288 g/mol. The maximum absolute atomic E-state index is 12.0. The van der Waals surface area contributed by atoms with Gasteiger partial charge in [-0.3, -0.25) is 14.6 Å². The molecule has 0 bridgehead atoms. The first-order valence-electron chi connectivity index (χ1n) is 6.35. The van der Waals surface area contributed by atoms with Crippen LogP contribution < -0.4 is 10.1 Å². The van der Waals surface area contributed by atoms with Gasteiger partial charge in [0, 0.05) is 17.6 Å². The summed E-state index contributed by atoms with van der Waals surface area (Å²) >= 11 is 0. The Bertz CT molecular complexity index is 770. The molecule has 2 rings (SSSR count). The van der Waals surface area contributed by atoms with E-state index in [4.69, 9.17) is 4.74 Å². The number of anilines is 1. The fourth-order valence-electron chi connectivity index (χ4n) is 2.12. The van der Waals surface area contributed by atoms with Gasteiger partial charge >= 0.3 is 11.9 Å². The average Bonchev–Trinajstić information content (AvgIpc) is 2.52. The summed E-state index contributed by atoms with van der Waals surface area (Å²) in [6.07, 6.45) is 1.57. The second-order valence-electron chi connectivity index (χ2n) is 4.40. The number of amides is 1. The molecular formula is C15H14N2O5. The number of benzene rings is 1. The average molecular weight is 302 g/mol. The summed E-state index contributed by atoms with van der Waals surface area (Å²) in [6.45, 7) is 1.36. The highest BCUT2D eigenvalue weighted by Gasteiger charge is 2.21. The van der Waals surface area contributed by atoms with E-state index in [0.717, 1.165) is 7.11 Å². The van der Waals surface area contributed by atoms with E-state index in [1.54, 1.807) is 18.3 Å². The molecule has 0 unspecified atom stereocenters. The number of Topliss-reactive ketones (excluding diaryl/α,β-unsaturated/α-hetero) is 1. The Labute approximate surface area is 126 Å². The second-order valence-corrected chi connectivity index (χ2v) is 4.40. The molecule has 114 valence electrons. The molecule has 0 aliphatic carbocycles. The predicted octanol–water partition coefficient (Wildman–Crippen LogP) is 1.56. The predicted molar refractivity (Wildman–Crippen MR) is 78.9 cm³/mol. The van der Waals surface area contributed by atoms with Gasteiger partial charge in [0.25, 0.3) is 0 Å². The monoisotopic (exact) mass is 302 g/mol. The lowest BCUT2D eigenvalue weighted by Crippen LogP contribution is -2.25. The van der Waals surface area contributed by atoms with Gasteiger partial charge in [-0.05, 0) is 13.0 Å².